The molecule has 0 radical (unpaired) electrons. The van der Waals surface area contributed by atoms with E-state index in [0.717, 1.165) is 26.1 Å². The van der Waals surface area contributed by atoms with Crippen molar-refractivity contribution >= 4 is 16.9 Å². The topological polar surface area (TPSA) is 71.7 Å². The van der Waals surface area contributed by atoms with Gasteiger partial charge in [0, 0.05) is 24.1 Å². The minimum Gasteiger partial charge on any atom is -0.478 e. The number of rotatable bonds is 4. The van der Waals surface area contributed by atoms with Gasteiger partial charge in [0.2, 0.25) is 0 Å². The molecule has 2 aromatic rings. The lowest BCUT2D eigenvalue weighted by Crippen LogP contribution is -2.46. The molecule has 2 N–H and O–H groups in total. The summed E-state index contributed by atoms with van der Waals surface area (Å²) >= 11 is 0. The summed E-state index contributed by atoms with van der Waals surface area (Å²) in [7, 11) is 0. The molecular formula is C16H19NO4. The Kier molecular flexibility index (Phi) is 3.69. The molecule has 112 valence electrons. The molecule has 1 aliphatic heterocycles. The highest BCUT2D eigenvalue weighted by atomic mass is 16.5. The van der Waals surface area contributed by atoms with E-state index in [1.807, 2.05) is 12.1 Å². The maximum Gasteiger partial charge on any atom is 0.339 e. The van der Waals surface area contributed by atoms with Gasteiger partial charge in [-0.2, -0.15) is 0 Å². The highest BCUT2D eigenvalue weighted by molar-refractivity contribution is 6.03. The number of carboxylic acids is 1. The van der Waals surface area contributed by atoms with E-state index < -0.39 is 5.97 Å². The van der Waals surface area contributed by atoms with Gasteiger partial charge in [-0.25, -0.2) is 4.79 Å². The zero-order chi connectivity index (χ0) is 14.9. The van der Waals surface area contributed by atoms with Crippen molar-refractivity contribution in [2.45, 2.75) is 31.8 Å². The predicted octanol–water partition coefficient (Wildman–Crippen LogP) is 2.79. The van der Waals surface area contributed by atoms with Crippen molar-refractivity contribution in [2.75, 3.05) is 13.2 Å². The van der Waals surface area contributed by atoms with Crippen molar-refractivity contribution in [3.05, 3.63) is 35.6 Å². The zero-order valence-corrected chi connectivity index (χ0v) is 12.0. The largest absolute Gasteiger partial charge is 0.478 e. The molecule has 1 aromatic carbocycles. The Balaban J connectivity index is 1.86. The molecule has 5 heteroatoms. The zero-order valence-electron chi connectivity index (χ0n) is 12.0. The van der Waals surface area contributed by atoms with E-state index >= 15 is 0 Å². The van der Waals surface area contributed by atoms with Crippen LogP contribution in [0.1, 0.15) is 35.9 Å². The number of hydrogen-bond acceptors (Lipinski definition) is 4. The molecule has 0 aliphatic carbocycles. The van der Waals surface area contributed by atoms with Crippen LogP contribution >= 0.6 is 0 Å². The minimum atomic E-state index is -0.950. The van der Waals surface area contributed by atoms with Crippen molar-refractivity contribution in [3.63, 3.8) is 0 Å². The molecule has 1 fully saturated rings. The van der Waals surface area contributed by atoms with E-state index in [9.17, 15) is 9.90 Å². The van der Waals surface area contributed by atoms with Crippen LogP contribution < -0.4 is 5.32 Å². The van der Waals surface area contributed by atoms with E-state index in [2.05, 4.69) is 12.2 Å². The van der Waals surface area contributed by atoms with Gasteiger partial charge < -0.3 is 19.6 Å². The van der Waals surface area contributed by atoms with Crippen LogP contribution in [-0.4, -0.2) is 29.8 Å². The smallest absolute Gasteiger partial charge is 0.339 e. The first-order valence-electron chi connectivity index (χ1n) is 7.15. The van der Waals surface area contributed by atoms with Gasteiger partial charge in [0.05, 0.1) is 6.54 Å². The first-order chi connectivity index (χ1) is 10.1. The molecule has 1 aromatic heterocycles. The summed E-state index contributed by atoms with van der Waals surface area (Å²) in [4.78, 5) is 11.5. The molecular weight excluding hydrogens is 270 g/mol. The third-order valence-electron chi connectivity index (χ3n) is 4.15. The number of carboxylic acid groups (broad SMARTS) is 1. The SMILES string of the molecule is CC1(NCc2oc3ccccc3c2C(=O)O)CCOCC1. The van der Waals surface area contributed by atoms with Crippen LogP contribution in [0.5, 0.6) is 0 Å². The highest BCUT2D eigenvalue weighted by Crippen LogP contribution is 2.27. The number of hydrogen-bond donors (Lipinski definition) is 2. The van der Waals surface area contributed by atoms with Crippen molar-refractivity contribution in [3.8, 4) is 0 Å². The molecule has 2 heterocycles. The fraction of sp³-hybridized carbons (Fsp3) is 0.438. The van der Waals surface area contributed by atoms with Crippen molar-refractivity contribution < 1.29 is 19.1 Å². The maximum atomic E-state index is 11.5. The normalized spacial score (nSPS) is 18.0. The van der Waals surface area contributed by atoms with E-state index in [-0.39, 0.29) is 11.1 Å². The summed E-state index contributed by atoms with van der Waals surface area (Å²) in [5, 5.41) is 13.5. The van der Waals surface area contributed by atoms with Gasteiger partial charge >= 0.3 is 5.97 Å². The molecule has 0 bridgehead atoms. The molecule has 5 nitrogen and oxygen atoms in total. The van der Waals surface area contributed by atoms with Gasteiger partial charge in [-0.3, -0.25) is 0 Å². The molecule has 0 spiro atoms. The predicted molar refractivity (Wildman–Crippen MR) is 78.5 cm³/mol. The maximum absolute atomic E-state index is 11.5. The molecule has 0 amide bonds. The Morgan fingerprint density at radius 2 is 2.05 bits per heavy atom. The van der Waals surface area contributed by atoms with Gasteiger partial charge in [-0.15, -0.1) is 0 Å². The van der Waals surface area contributed by atoms with Gasteiger partial charge in [-0.1, -0.05) is 18.2 Å². The third-order valence-corrected chi connectivity index (χ3v) is 4.15. The van der Waals surface area contributed by atoms with Gasteiger partial charge in [0.1, 0.15) is 16.9 Å². The van der Waals surface area contributed by atoms with Crippen molar-refractivity contribution in [1.82, 2.24) is 5.32 Å². The van der Waals surface area contributed by atoms with Gasteiger partial charge in [-0.05, 0) is 25.8 Å². The second-order valence-corrected chi connectivity index (χ2v) is 5.73. The third kappa shape index (κ3) is 2.80. The van der Waals surface area contributed by atoms with Gasteiger partial charge in [0.25, 0.3) is 0 Å². The Morgan fingerprint density at radius 1 is 1.33 bits per heavy atom. The van der Waals surface area contributed by atoms with Crippen LogP contribution in [-0.2, 0) is 11.3 Å². The number of carbonyl (C=O) groups is 1. The second-order valence-electron chi connectivity index (χ2n) is 5.73. The summed E-state index contributed by atoms with van der Waals surface area (Å²) in [6.07, 6.45) is 1.82. The standard InChI is InChI=1S/C16H19NO4/c1-16(6-8-20-9-7-16)17-10-13-14(15(18)19)11-4-2-3-5-12(11)21-13/h2-5,17H,6-10H2,1H3,(H,18,19). The molecule has 0 atom stereocenters. The van der Waals surface area contributed by atoms with E-state index in [1.165, 1.54) is 0 Å². The van der Waals surface area contributed by atoms with Crippen molar-refractivity contribution in [1.29, 1.82) is 0 Å². The molecule has 0 saturated carbocycles. The van der Waals surface area contributed by atoms with E-state index in [0.29, 0.717) is 23.3 Å². The van der Waals surface area contributed by atoms with Crippen LogP contribution in [0.25, 0.3) is 11.0 Å². The monoisotopic (exact) mass is 289 g/mol. The summed E-state index contributed by atoms with van der Waals surface area (Å²) in [5.41, 5.74) is 0.838. The first-order valence-corrected chi connectivity index (χ1v) is 7.15. The Bertz CT molecular complexity index is 655. The Hall–Kier alpha value is -1.85. The molecule has 21 heavy (non-hydrogen) atoms. The van der Waals surface area contributed by atoms with Crippen LogP contribution in [0.3, 0.4) is 0 Å². The minimum absolute atomic E-state index is 0.0347. The summed E-state index contributed by atoms with van der Waals surface area (Å²) in [6.45, 7) is 4.01. The lowest BCUT2D eigenvalue weighted by molar-refractivity contribution is 0.0437. The summed E-state index contributed by atoms with van der Waals surface area (Å²) in [6, 6.07) is 7.24. The number of nitrogens with one attached hydrogen (secondary N) is 1. The van der Waals surface area contributed by atoms with E-state index in [1.54, 1.807) is 12.1 Å². The Labute approximate surface area is 122 Å². The number of benzene rings is 1. The number of fused-ring (bicyclic) bond motifs is 1. The van der Waals surface area contributed by atoms with E-state index in [4.69, 9.17) is 9.15 Å². The summed E-state index contributed by atoms with van der Waals surface area (Å²) in [5.74, 6) is -0.467. The first kappa shape index (κ1) is 14.1. The molecule has 3 rings (SSSR count). The fourth-order valence-corrected chi connectivity index (χ4v) is 2.75. The molecule has 1 aliphatic rings. The van der Waals surface area contributed by atoms with Crippen LogP contribution in [0.4, 0.5) is 0 Å². The van der Waals surface area contributed by atoms with Crippen LogP contribution in [0.2, 0.25) is 0 Å². The lowest BCUT2D eigenvalue weighted by atomic mass is 9.92. The summed E-state index contributed by atoms with van der Waals surface area (Å²) < 4.78 is 11.1. The fourth-order valence-electron chi connectivity index (χ4n) is 2.75. The van der Waals surface area contributed by atoms with Crippen molar-refractivity contribution in [2.24, 2.45) is 0 Å². The number of ether oxygens (including phenoxy) is 1. The number of furan rings is 1. The molecule has 1 saturated heterocycles. The highest BCUT2D eigenvalue weighted by Gasteiger charge is 2.28. The lowest BCUT2D eigenvalue weighted by Gasteiger charge is -2.34. The average molecular weight is 289 g/mol. The number of aromatic carboxylic acids is 1. The van der Waals surface area contributed by atoms with Crippen LogP contribution in [0.15, 0.2) is 28.7 Å². The Morgan fingerprint density at radius 3 is 2.76 bits per heavy atom. The average Bonchev–Trinajstić information content (AvgIpc) is 2.84. The van der Waals surface area contributed by atoms with Gasteiger partial charge in [0.15, 0.2) is 0 Å². The second kappa shape index (κ2) is 5.50. The number of para-hydroxylation sites is 1. The van der Waals surface area contributed by atoms with Crippen LogP contribution in [0, 0.1) is 0 Å². The molecule has 0 unspecified atom stereocenters. The quantitative estimate of drug-likeness (QED) is 0.905.